The predicted octanol–water partition coefficient (Wildman–Crippen LogP) is 2.30. The smallest absolute Gasteiger partial charge is 0.0964 e. The lowest BCUT2D eigenvalue weighted by molar-refractivity contribution is 1.01. The number of aryl methyl sites for hydroxylation is 2. The highest BCUT2D eigenvalue weighted by Crippen LogP contribution is 2.14. The molecule has 0 radical (unpaired) electrons. The number of rotatable bonds is 0. The molecule has 0 saturated carbocycles. The molecule has 0 aromatic carbocycles. The normalized spacial score (nSPS) is 10.0. The molecule has 10 heavy (non-hydrogen) atoms. The van der Waals surface area contributed by atoms with Crippen LogP contribution in [0.5, 0.6) is 0 Å². The van der Waals surface area contributed by atoms with Crippen molar-refractivity contribution in [2.45, 2.75) is 25.8 Å². The Morgan fingerprint density at radius 3 is 2.40 bits per heavy atom. The van der Waals surface area contributed by atoms with Gasteiger partial charge in [0.15, 0.2) is 0 Å². The summed E-state index contributed by atoms with van der Waals surface area (Å²) in [7, 11) is 0. The first kappa shape index (κ1) is 7.61. The molecule has 0 aliphatic rings. The summed E-state index contributed by atoms with van der Waals surface area (Å²) in [5.74, 6) is 0. The third-order valence-corrected chi connectivity index (χ3v) is 2.07. The fourth-order valence-corrected chi connectivity index (χ4v) is 1.22. The lowest BCUT2D eigenvalue weighted by atomic mass is 10.1. The summed E-state index contributed by atoms with van der Waals surface area (Å²) in [4.78, 5) is 4.20. The third-order valence-electron chi connectivity index (χ3n) is 1.63. The molecule has 0 spiro atoms. The van der Waals surface area contributed by atoms with E-state index in [2.05, 4.69) is 30.6 Å². The van der Waals surface area contributed by atoms with E-state index in [1.807, 2.05) is 13.8 Å². The van der Waals surface area contributed by atoms with Crippen molar-refractivity contribution in [3.05, 3.63) is 22.9 Å². The molecule has 0 saturated heterocycles. The van der Waals surface area contributed by atoms with Crippen LogP contribution in [0.25, 0.3) is 0 Å². The highest BCUT2D eigenvalue weighted by atomic mass is 32.1. The van der Waals surface area contributed by atoms with E-state index in [9.17, 15) is 0 Å². The number of nitrogens with zero attached hydrogens (tertiary/aromatic N) is 1. The van der Waals surface area contributed by atoms with Gasteiger partial charge in [-0.1, -0.05) is 0 Å². The summed E-state index contributed by atoms with van der Waals surface area (Å²) in [6.45, 7) is 6.08. The Bertz CT molecular complexity index is 232. The number of thiol groups is 1. The molecule has 1 heterocycles. The first-order chi connectivity index (χ1) is 4.61. The Labute approximate surface area is 66.9 Å². The molecule has 0 aliphatic heterocycles. The molecule has 1 aromatic rings. The summed E-state index contributed by atoms with van der Waals surface area (Å²) in [5, 5.41) is 0.845. The average Bonchev–Trinajstić information content (AvgIpc) is 1.82. The van der Waals surface area contributed by atoms with E-state index < -0.39 is 0 Å². The van der Waals surface area contributed by atoms with Gasteiger partial charge in [-0.2, -0.15) is 0 Å². The Morgan fingerprint density at radius 2 is 1.90 bits per heavy atom. The van der Waals surface area contributed by atoms with Crippen molar-refractivity contribution in [1.29, 1.82) is 0 Å². The van der Waals surface area contributed by atoms with Crippen molar-refractivity contribution in [1.82, 2.24) is 4.98 Å². The van der Waals surface area contributed by atoms with Crippen LogP contribution in [-0.2, 0) is 0 Å². The van der Waals surface area contributed by atoms with Gasteiger partial charge in [0.25, 0.3) is 0 Å². The van der Waals surface area contributed by atoms with E-state index in [1.54, 1.807) is 0 Å². The topological polar surface area (TPSA) is 12.9 Å². The van der Waals surface area contributed by atoms with Gasteiger partial charge in [0.1, 0.15) is 0 Å². The molecule has 0 unspecified atom stereocenters. The van der Waals surface area contributed by atoms with Crippen LogP contribution in [0.2, 0.25) is 0 Å². The van der Waals surface area contributed by atoms with Crippen LogP contribution in [0.15, 0.2) is 11.1 Å². The number of aromatic nitrogens is 1. The van der Waals surface area contributed by atoms with Crippen molar-refractivity contribution in [3.8, 4) is 0 Å². The Morgan fingerprint density at radius 1 is 1.30 bits per heavy atom. The second-order valence-corrected chi connectivity index (χ2v) is 2.95. The minimum atomic E-state index is 0.845. The fraction of sp³-hybridized carbons (Fsp3) is 0.375. The highest BCUT2D eigenvalue weighted by Gasteiger charge is 1.98. The molecule has 2 heteroatoms. The van der Waals surface area contributed by atoms with Gasteiger partial charge in [-0.05, 0) is 38.0 Å². The second kappa shape index (κ2) is 2.62. The number of hydrogen-bond acceptors (Lipinski definition) is 2. The van der Waals surface area contributed by atoms with Crippen molar-refractivity contribution >= 4 is 12.6 Å². The van der Waals surface area contributed by atoms with E-state index >= 15 is 0 Å². The van der Waals surface area contributed by atoms with Crippen LogP contribution in [0.4, 0.5) is 0 Å². The molecule has 0 bridgehead atoms. The second-order valence-electron chi connectivity index (χ2n) is 2.53. The van der Waals surface area contributed by atoms with Gasteiger partial charge in [-0.3, -0.25) is 0 Å². The maximum atomic E-state index is 4.23. The van der Waals surface area contributed by atoms with Crippen LogP contribution >= 0.6 is 12.6 Å². The van der Waals surface area contributed by atoms with Gasteiger partial charge in [0, 0.05) is 5.69 Å². The first-order valence-corrected chi connectivity index (χ1v) is 3.70. The van der Waals surface area contributed by atoms with Crippen LogP contribution in [0.1, 0.15) is 16.8 Å². The molecule has 0 amide bonds. The average molecular weight is 153 g/mol. The molecule has 1 nitrogen and oxygen atoms in total. The molecule has 54 valence electrons. The van der Waals surface area contributed by atoms with E-state index in [0.717, 1.165) is 10.7 Å². The zero-order valence-electron chi connectivity index (χ0n) is 6.47. The molecular weight excluding hydrogens is 142 g/mol. The van der Waals surface area contributed by atoms with Gasteiger partial charge in [0.05, 0.1) is 5.03 Å². The summed E-state index contributed by atoms with van der Waals surface area (Å²) < 4.78 is 0. The lowest BCUT2D eigenvalue weighted by Crippen LogP contribution is -1.89. The maximum absolute atomic E-state index is 4.23. The minimum absolute atomic E-state index is 0.845. The Hall–Kier alpha value is -0.500. The molecule has 1 rings (SSSR count). The van der Waals surface area contributed by atoms with E-state index in [1.165, 1.54) is 11.1 Å². The van der Waals surface area contributed by atoms with E-state index in [4.69, 9.17) is 0 Å². The van der Waals surface area contributed by atoms with Crippen molar-refractivity contribution in [2.75, 3.05) is 0 Å². The van der Waals surface area contributed by atoms with Gasteiger partial charge < -0.3 is 0 Å². The van der Waals surface area contributed by atoms with E-state index in [-0.39, 0.29) is 0 Å². The molecule has 0 atom stereocenters. The Kier molecular flexibility index (Phi) is 2.00. The van der Waals surface area contributed by atoms with Crippen molar-refractivity contribution in [3.63, 3.8) is 0 Å². The zero-order valence-corrected chi connectivity index (χ0v) is 7.37. The maximum Gasteiger partial charge on any atom is 0.0964 e. The molecule has 0 aliphatic carbocycles. The summed E-state index contributed by atoms with van der Waals surface area (Å²) in [5.41, 5.74) is 3.47. The zero-order chi connectivity index (χ0) is 7.72. The quantitative estimate of drug-likeness (QED) is 0.564. The van der Waals surface area contributed by atoms with Gasteiger partial charge in [-0.25, -0.2) is 4.98 Å². The number of hydrogen-bond donors (Lipinski definition) is 1. The van der Waals surface area contributed by atoms with Crippen molar-refractivity contribution in [2.24, 2.45) is 0 Å². The van der Waals surface area contributed by atoms with Gasteiger partial charge >= 0.3 is 0 Å². The minimum Gasteiger partial charge on any atom is -0.247 e. The number of pyridine rings is 1. The molecular formula is C8H11NS. The fourth-order valence-electron chi connectivity index (χ4n) is 0.881. The first-order valence-electron chi connectivity index (χ1n) is 3.25. The SMILES string of the molecule is Cc1cc(C)c(C)c(S)n1. The molecule has 1 aromatic heterocycles. The lowest BCUT2D eigenvalue weighted by Gasteiger charge is -2.02. The van der Waals surface area contributed by atoms with E-state index in [0.29, 0.717) is 0 Å². The predicted molar refractivity (Wildman–Crippen MR) is 45.7 cm³/mol. The highest BCUT2D eigenvalue weighted by molar-refractivity contribution is 7.80. The summed E-state index contributed by atoms with van der Waals surface area (Å²) in [6, 6.07) is 2.06. The monoisotopic (exact) mass is 153 g/mol. The summed E-state index contributed by atoms with van der Waals surface area (Å²) >= 11 is 4.23. The van der Waals surface area contributed by atoms with Crippen LogP contribution in [-0.4, -0.2) is 4.98 Å². The van der Waals surface area contributed by atoms with Gasteiger partial charge in [-0.15, -0.1) is 12.6 Å². The third kappa shape index (κ3) is 1.32. The van der Waals surface area contributed by atoms with Crippen molar-refractivity contribution < 1.29 is 0 Å². The standard InChI is InChI=1S/C8H11NS/c1-5-4-6(2)9-8(10)7(5)3/h4H,1-3H3,(H,9,10). The molecule has 0 N–H and O–H groups in total. The summed E-state index contributed by atoms with van der Waals surface area (Å²) in [6.07, 6.45) is 0. The Balaban J connectivity index is 3.31. The van der Waals surface area contributed by atoms with Crippen LogP contribution in [0.3, 0.4) is 0 Å². The largest absolute Gasteiger partial charge is 0.247 e. The van der Waals surface area contributed by atoms with Crippen LogP contribution < -0.4 is 0 Å². The van der Waals surface area contributed by atoms with Gasteiger partial charge in [0.2, 0.25) is 0 Å². The van der Waals surface area contributed by atoms with Crippen LogP contribution in [0, 0.1) is 20.8 Å². The molecule has 0 fully saturated rings.